The SMILES string of the molecule is c1ccc(-c2ccc(-c3cc(-c4cccc5c4oc4c5ccc5c6ccccc6n(-c6ccccc6)c54)nc(-c4ccc5c(c4)sc4ccccc45)n3)cc2)cc1. The van der Waals surface area contributed by atoms with Crippen molar-refractivity contribution in [3.8, 4) is 50.7 Å². The number of hydrogen-bond acceptors (Lipinski definition) is 4. The molecule has 0 N–H and O–H groups in total. The largest absolute Gasteiger partial charge is 0.453 e. The molecule has 4 aromatic heterocycles. The van der Waals surface area contributed by atoms with Gasteiger partial charge in [0.15, 0.2) is 11.4 Å². The summed E-state index contributed by atoms with van der Waals surface area (Å²) >= 11 is 1.80. The average Bonchev–Trinajstić information content (AvgIpc) is 3.96. The van der Waals surface area contributed by atoms with Gasteiger partial charge in [-0.05, 0) is 59.7 Å². The molecule has 4 nitrogen and oxygen atoms in total. The van der Waals surface area contributed by atoms with Crippen molar-refractivity contribution in [2.45, 2.75) is 0 Å². The number of thiophene rings is 1. The lowest BCUT2D eigenvalue weighted by molar-refractivity contribution is 0.672. The predicted octanol–water partition coefficient (Wildman–Crippen LogP) is 14.5. The van der Waals surface area contributed by atoms with Crippen LogP contribution < -0.4 is 0 Å². The molecule has 57 heavy (non-hydrogen) atoms. The first-order valence-corrected chi connectivity index (χ1v) is 20.0. The first-order valence-electron chi connectivity index (χ1n) is 19.1. The van der Waals surface area contributed by atoms with Gasteiger partial charge < -0.3 is 8.98 Å². The zero-order chi connectivity index (χ0) is 37.5. The highest BCUT2D eigenvalue weighted by atomic mass is 32.1. The Bertz CT molecular complexity index is 3510. The van der Waals surface area contributed by atoms with Crippen molar-refractivity contribution < 1.29 is 4.42 Å². The molecule has 0 radical (unpaired) electrons. The molecule has 0 spiro atoms. The van der Waals surface area contributed by atoms with Gasteiger partial charge in [-0.2, -0.15) is 0 Å². The molecule has 0 aliphatic heterocycles. The molecule has 0 saturated heterocycles. The number of rotatable bonds is 5. The Balaban J connectivity index is 1.09. The van der Waals surface area contributed by atoms with Crippen molar-refractivity contribution in [2.24, 2.45) is 0 Å². The number of furan rings is 1. The maximum absolute atomic E-state index is 7.11. The Kier molecular flexibility index (Phi) is 7.06. The van der Waals surface area contributed by atoms with E-state index in [0.29, 0.717) is 5.82 Å². The minimum Gasteiger partial charge on any atom is -0.453 e. The van der Waals surface area contributed by atoms with E-state index in [9.17, 15) is 0 Å². The molecule has 0 aliphatic rings. The van der Waals surface area contributed by atoms with Gasteiger partial charge in [0.05, 0.1) is 22.4 Å². The summed E-state index contributed by atoms with van der Waals surface area (Å²) in [6.45, 7) is 0. The molecule has 8 aromatic carbocycles. The molecule has 4 heterocycles. The van der Waals surface area contributed by atoms with Crippen LogP contribution in [0.1, 0.15) is 0 Å². The highest BCUT2D eigenvalue weighted by Gasteiger charge is 2.22. The second-order valence-corrected chi connectivity index (χ2v) is 15.6. The maximum Gasteiger partial charge on any atom is 0.160 e. The quantitative estimate of drug-likeness (QED) is 0.176. The van der Waals surface area contributed by atoms with E-state index in [-0.39, 0.29) is 0 Å². The van der Waals surface area contributed by atoms with Gasteiger partial charge in [0, 0.05) is 64.1 Å². The molecular formula is C52H31N3OS. The second-order valence-electron chi connectivity index (χ2n) is 14.5. The zero-order valence-corrected chi connectivity index (χ0v) is 31.4. The van der Waals surface area contributed by atoms with Gasteiger partial charge in [0.2, 0.25) is 0 Å². The van der Waals surface area contributed by atoms with E-state index in [4.69, 9.17) is 14.4 Å². The summed E-state index contributed by atoms with van der Waals surface area (Å²) in [5, 5.41) is 6.99. The standard InChI is InChI=1S/C52H31N3OS/c1-3-12-32(13-4-1)33-22-24-34(25-23-33)44-31-45(54-52(53-44)35-26-27-39-38-17-8-10-21-47(38)57-48(39)30-35)43-19-11-18-41-42-29-28-40-37-16-7-9-20-46(37)55(36-14-5-2-6-15-36)49(40)51(42)56-50(41)43/h1-31H. The Morgan fingerprint density at radius 2 is 1.02 bits per heavy atom. The molecular weight excluding hydrogens is 715 g/mol. The van der Waals surface area contributed by atoms with E-state index in [1.54, 1.807) is 11.3 Å². The molecule has 0 saturated carbocycles. The number of hydrogen-bond donors (Lipinski definition) is 0. The van der Waals surface area contributed by atoms with Gasteiger partial charge in [0.1, 0.15) is 5.58 Å². The molecule has 0 fully saturated rings. The van der Waals surface area contributed by atoms with E-state index in [2.05, 4.69) is 187 Å². The summed E-state index contributed by atoms with van der Waals surface area (Å²) in [6.07, 6.45) is 0. The highest BCUT2D eigenvalue weighted by Crippen LogP contribution is 2.43. The zero-order valence-electron chi connectivity index (χ0n) is 30.6. The summed E-state index contributed by atoms with van der Waals surface area (Å²) < 4.78 is 11.9. The predicted molar refractivity (Wildman–Crippen MR) is 238 cm³/mol. The van der Waals surface area contributed by atoms with Crippen LogP contribution >= 0.6 is 11.3 Å². The first kappa shape index (κ1) is 32.0. The number of aromatic nitrogens is 3. The molecule has 0 aliphatic carbocycles. The Morgan fingerprint density at radius 1 is 0.404 bits per heavy atom. The highest BCUT2D eigenvalue weighted by molar-refractivity contribution is 7.25. The van der Waals surface area contributed by atoms with Crippen LogP contribution in [0.25, 0.3) is 115 Å². The molecule has 0 bridgehead atoms. The molecule has 12 aromatic rings. The fourth-order valence-electron chi connectivity index (χ4n) is 8.54. The smallest absolute Gasteiger partial charge is 0.160 e. The summed E-state index contributed by atoms with van der Waals surface area (Å²) in [4.78, 5) is 10.6. The first-order chi connectivity index (χ1) is 28.2. The summed E-state index contributed by atoms with van der Waals surface area (Å²) in [5.74, 6) is 0.675. The third kappa shape index (κ3) is 5.06. The van der Waals surface area contributed by atoms with E-state index in [1.165, 1.54) is 31.1 Å². The van der Waals surface area contributed by atoms with E-state index >= 15 is 0 Å². The normalized spacial score (nSPS) is 11.9. The van der Waals surface area contributed by atoms with Crippen LogP contribution in [0, 0.1) is 0 Å². The van der Waals surface area contributed by atoms with Crippen molar-refractivity contribution in [3.63, 3.8) is 0 Å². The van der Waals surface area contributed by atoms with Crippen LogP contribution in [0.2, 0.25) is 0 Å². The Hall–Kier alpha value is -7.34. The van der Waals surface area contributed by atoms with Crippen LogP contribution in [0.5, 0.6) is 0 Å². The van der Waals surface area contributed by atoms with Crippen LogP contribution in [0.3, 0.4) is 0 Å². The number of nitrogens with zero attached hydrogens (tertiary/aromatic N) is 3. The lowest BCUT2D eigenvalue weighted by Gasteiger charge is -2.11. The molecule has 266 valence electrons. The lowest BCUT2D eigenvalue weighted by atomic mass is 10.0. The molecule has 0 atom stereocenters. The second kappa shape index (κ2) is 12.6. The Labute approximate surface area is 331 Å². The topological polar surface area (TPSA) is 43.9 Å². The van der Waals surface area contributed by atoms with Crippen molar-refractivity contribution in [2.75, 3.05) is 0 Å². The third-order valence-corrected chi connectivity index (χ3v) is 12.4. The van der Waals surface area contributed by atoms with Crippen molar-refractivity contribution in [1.82, 2.24) is 14.5 Å². The molecule has 0 amide bonds. The lowest BCUT2D eigenvalue weighted by Crippen LogP contribution is -1.96. The number of benzene rings is 8. The van der Waals surface area contributed by atoms with Gasteiger partial charge in [-0.15, -0.1) is 11.3 Å². The maximum atomic E-state index is 7.11. The Morgan fingerprint density at radius 3 is 1.88 bits per heavy atom. The molecule has 0 unspecified atom stereocenters. The van der Waals surface area contributed by atoms with Gasteiger partial charge in [0.25, 0.3) is 0 Å². The van der Waals surface area contributed by atoms with Crippen LogP contribution in [-0.4, -0.2) is 14.5 Å². The van der Waals surface area contributed by atoms with E-state index in [1.807, 2.05) is 6.07 Å². The van der Waals surface area contributed by atoms with Crippen LogP contribution in [0.15, 0.2) is 192 Å². The van der Waals surface area contributed by atoms with Crippen LogP contribution in [0.4, 0.5) is 0 Å². The summed E-state index contributed by atoms with van der Waals surface area (Å²) in [5.41, 5.74) is 11.9. The fraction of sp³-hybridized carbons (Fsp3) is 0. The fourth-order valence-corrected chi connectivity index (χ4v) is 9.69. The third-order valence-electron chi connectivity index (χ3n) is 11.2. The van der Waals surface area contributed by atoms with E-state index in [0.717, 1.165) is 77.7 Å². The van der Waals surface area contributed by atoms with Gasteiger partial charge in [-0.25, -0.2) is 9.97 Å². The summed E-state index contributed by atoms with van der Waals surface area (Å²) in [7, 11) is 0. The van der Waals surface area contributed by atoms with Gasteiger partial charge >= 0.3 is 0 Å². The molecule has 12 rings (SSSR count). The minimum absolute atomic E-state index is 0.675. The van der Waals surface area contributed by atoms with Crippen molar-refractivity contribution in [1.29, 1.82) is 0 Å². The van der Waals surface area contributed by atoms with Crippen LogP contribution in [-0.2, 0) is 0 Å². The van der Waals surface area contributed by atoms with Gasteiger partial charge in [-0.1, -0.05) is 140 Å². The average molecular weight is 746 g/mol. The van der Waals surface area contributed by atoms with Crippen molar-refractivity contribution >= 4 is 75.3 Å². The molecule has 5 heteroatoms. The van der Waals surface area contributed by atoms with E-state index < -0.39 is 0 Å². The minimum atomic E-state index is 0.675. The monoisotopic (exact) mass is 745 g/mol. The van der Waals surface area contributed by atoms with Crippen molar-refractivity contribution in [3.05, 3.63) is 188 Å². The van der Waals surface area contributed by atoms with Gasteiger partial charge in [-0.3, -0.25) is 0 Å². The summed E-state index contributed by atoms with van der Waals surface area (Å²) in [6, 6.07) is 66.5. The number of fused-ring (bicyclic) bond motifs is 10. The number of para-hydroxylation sites is 3.